The van der Waals surface area contributed by atoms with Gasteiger partial charge in [0.25, 0.3) is 5.91 Å². The number of hydrogen-bond donors (Lipinski definition) is 1. The van der Waals surface area contributed by atoms with Crippen LogP contribution in [-0.2, 0) is 16.6 Å². The van der Waals surface area contributed by atoms with Crippen molar-refractivity contribution in [3.05, 3.63) is 42.0 Å². The molecule has 0 saturated carbocycles. The third-order valence-electron chi connectivity index (χ3n) is 4.94. The van der Waals surface area contributed by atoms with Gasteiger partial charge in [0, 0.05) is 44.5 Å². The van der Waals surface area contributed by atoms with Gasteiger partial charge in [-0.05, 0) is 37.5 Å². The van der Waals surface area contributed by atoms with Crippen LogP contribution in [0.15, 0.2) is 35.5 Å². The Morgan fingerprint density at radius 2 is 2.12 bits per heavy atom. The lowest BCUT2D eigenvalue weighted by atomic mass is 9.96. The number of rotatable bonds is 3. The maximum Gasteiger partial charge on any atom is 0.269 e. The van der Waals surface area contributed by atoms with Crippen LogP contribution >= 0.6 is 0 Å². The highest BCUT2D eigenvalue weighted by molar-refractivity contribution is 7.89. The molecule has 2 aromatic rings. The molecule has 4 rings (SSSR count). The molecule has 1 unspecified atom stereocenters. The first-order valence-corrected chi connectivity index (χ1v) is 10.3. The number of nitrogens with zero attached hydrogens (tertiary/aromatic N) is 4. The number of hydrogen-bond acceptors (Lipinski definition) is 5. The van der Waals surface area contributed by atoms with Crippen LogP contribution in [0.4, 0.5) is 0 Å². The zero-order valence-corrected chi connectivity index (χ0v) is 15.2. The van der Waals surface area contributed by atoms with Crippen LogP contribution < -0.4 is 5.32 Å². The molecule has 0 spiro atoms. The van der Waals surface area contributed by atoms with E-state index in [2.05, 4.69) is 15.4 Å². The molecule has 1 N–H and O–H groups in total. The van der Waals surface area contributed by atoms with Crippen LogP contribution in [0.25, 0.3) is 0 Å². The molecule has 0 aromatic carbocycles. The summed E-state index contributed by atoms with van der Waals surface area (Å²) in [7, 11) is -3.56. The van der Waals surface area contributed by atoms with Gasteiger partial charge in [-0.25, -0.2) is 8.42 Å². The SMILES string of the molecule is O=C1NCCCn2nc(C3CCCN(S(=O)(=O)c4cccnc4)C3)cc21. The van der Waals surface area contributed by atoms with Gasteiger partial charge in [-0.2, -0.15) is 9.40 Å². The van der Waals surface area contributed by atoms with Crippen molar-refractivity contribution < 1.29 is 13.2 Å². The number of sulfonamides is 1. The number of piperidine rings is 1. The quantitative estimate of drug-likeness (QED) is 0.862. The summed E-state index contributed by atoms with van der Waals surface area (Å²) in [6, 6.07) is 5.00. The highest BCUT2D eigenvalue weighted by atomic mass is 32.2. The monoisotopic (exact) mass is 375 g/mol. The minimum atomic E-state index is -3.56. The summed E-state index contributed by atoms with van der Waals surface area (Å²) in [6.07, 6.45) is 5.39. The first kappa shape index (κ1) is 17.2. The van der Waals surface area contributed by atoms with Crippen LogP contribution in [0.3, 0.4) is 0 Å². The fraction of sp³-hybridized carbons (Fsp3) is 0.471. The summed E-state index contributed by atoms with van der Waals surface area (Å²) >= 11 is 0. The van der Waals surface area contributed by atoms with Crippen molar-refractivity contribution in [2.75, 3.05) is 19.6 Å². The standard InChI is InChI=1S/C17H21N5O3S/c23-17-16-10-15(20-22(16)9-3-7-19-17)13-4-2-8-21(12-13)26(24,25)14-5-1-6-18-11-14/h1,5-6,10-11,13H,2-4,7-9,12H2,(H,19,23). The maximum absolute atomic E-state index is 12.9. The lowest BCUT2D eigenvalue weighted by Gasteiger charge is -2.31. The predicted molar refractivity (Wildman–Crippen MR) is 94.1 cm³/mol. The highest BCUT2D eigenvalue weighted by Crippen LogP contribution is 2.30. The van der Waals surface area contributed by atoms with Crippen LogP contribution in [0, 0.1) is 0 Å². The molecular weight excluding hydrogens is 354 g/mol. The lowest BCUT2D eigenvalue weighted by molar-refractivity contribution is 0.0950. The van der Waals surface area contributed by atoms with Gasteiger partial charge in [-0.1, -0.05) is 0 Å². The van der Waals surface area contributed by atoms with Gasteiger partial charge < -0.3 is 5.32 Å². The van der Waals surface area contributed by atoms with Gasteiger partial charge >= 0.3 is 0 Å². The fourth-order valence-corrected chi connectivity index (χ4v) is 5.05. The number of aromatic nitrogens is 3. The summed E-state index contributed by atoms with van der Waals surface area (Å²) in [6.45, 7) is 2.20. The molecule has 0 bridgehead atoms. The first-order chi connectivity index (χ1) is 12.6. The normalized spacial score (nSPS) is 21.7. The molecule has 2 aliphatic heterocycles. The Kier molecular flexibility index (Phi) is 4.49. The molecule has 1 saturated heterocycles. The van der Waals surface area contributed by atoms with Crippen LogP contribution in [-0.4, -0.2) is 53.0 Å². The second kappa shape index (κ2) is 6.81. The topological polar surface area (TPSA) is 97.2 Å². The van der Waals surface area contributed by atoms with Crippen molar-refractivity contribution in [2.24, 2.45) is 0 Å². The zero-order chi connectivity index (χ0) is 18.1. The third kappa shape index (κ3) is 3.12. The molecule has 1 fully saturated rings. The molecule has 1 atom stereocenters. The van der Waals surface area contributed by atoms with Crippen molar-refractivity contribution in [1.29, 1.82) is 0 Å². The number of pyridine rings is 1. The van der Waals surface area contributed by atoms with Gasteiger partial charge in [-0.3, -0.25) is 14.5 Å². The Bertz CT molecular complexity index is 910. The molecule has 2 aromatic heterocycles. The number of amides is 1. The van der Waals surface area contributed by atoms with E-state index >= 15 is 0 Å². The van der Waals surface area contributed by atoms with Gasteiger partial charge in [-0.15, -0.1) is 0 Å². The molecule has 4 heterocycles. The number of carbonyl (C=O) groups excluding carboxylic acids is 1. The third-order valence-corrected chi connectivity index (χ3v) is 6.79. The Balaban J connectivity index is 1.58. The predicted octanol–water partition coefficient (Wildman–Crippen LogP) is 0.980. The smallest absolute Gasteiger partial charge is 0.269 e. The largest absolute Gasteiger partial charge is 0.351 e. The van der Waals surface area contributed by atoms with Gasteiger partial charge in [0.2, 0.25) is 10.0 Å². The Morgan fingerprint density at radius 1 is 1.23 bits per heavy atom. The lowest BCUT2D eigenvalue weighted by Crippen LogP contribution is -2.39. The molecule has 9 heteroatoms. The fourth-order valence-electron chi connectivity index (χ4n) is 3.56. The molecular formula is C17H21N5O3S. The zero-order valence-electron chi connectivity index (χ0n) is 14.3. The second-order valence-corrected chi connectivity index (χ2v) is 8.62. The Morgan fingerprint density at radius 3 is 2.92 bits per heavy atom. The van der Waals surface area contributed by atoms with E-state index in [-0.39, 0.29) is 16.7 Å². The number of aryl methyl sites for hydroxylation is 1. The summed E-state index contributed by atoms with van der Waals surface area (Å²) < 4.78 is 28.9. The average molecular weight is 375 g/mol. The van der Waals surface area contributed by atoms with Crippen molar-refractivity contribution in [1.82, 2.24) is 24.4 Å². The summed E-state index contributed by atoms with van der Waals surface area (Å²) in [4.78, 5) is 16.3. The highest BCUT2D eigenvalue weighted by Gasteiger charge is 2.33. The van der Waals surface area contributed by atoms with E-state index in [0.29, 0.717) is 31.9 Å². The number of carbonyl (C=O) groups is 1. The Hall–Kier alpha value is -2.26. The Labute approximate surface area is 152 Å². The van der Waals surface area contributed by atoms with Gasteiger partial charge in [0.1, 0.15) is 10.6 Å². The van der Waals surface area contributed by atoms with Gasteiger partial charge in [0.05, 0.1) is 5.69 Å². The van der Waals surface area contributed by atoms with E-state index in [0.717, 1.165) is 25.0 Å². The van der Waals surface area contributed by atoms with Crippen molar-refractivity contribution in [3.63, 3.8) is 0 Å². The van der Waals surface area contributed by atoms with Crippen LogP contribution in [0.2, 0.25) is 0 Å². The van der Waals surface area contributed by atoms with Crippen molar-refractivity contribution in [3.8, 4) is 0 Å². The average Bonchev–Trinajstić information content (AvgIpc) is 3.03. The van der Waals surface area contributed by atoms with Crippen LogP contribution in [0.1, 0.15) is 41.4 Å². The molecule has 138 valence electrons. The number of nitrogens with one attached hydrogen (secondary N) is 1. The molecule has 2 aliphatic rings. The van der Waals surface area contributed by atoms with Crippen molar-refractivity contribution in [2.45, 2.75) is 36.6 Å². The van der Waals surface area contributed by atoms with Crippen molar-refractivity contribution >= 4 is 15.9 Å². The van der Waals surface area contributed by atoms with E-state index in [1.54, 1.807) is 23.0 Å². The first-order valence-electron chi connectivity index (χ1n) is 8.82. The van der Waals surface area contributed by atoms with E-state index in [4.69, 9.17) is 0 Å². The second-order valence-electron chi connectivity index (χ2n) is 6.68. The molecule has 26 heavy (non-hydrogen) atoms. The summed E-state index contributed by atoms with van der Waals surface area (Å²) in [5, 5.41) is 7.45. The van der Waals surface area contributed by atoms with E-state index in [1.807, 2.05) is 6.07 Å². The van der Waals surface area contributed by atoms with E-state index < -0.39 is 10.0 Å². The summed E-state index contributed by atoms with van der Waals surface area (Å²) in [5.74, 6) is -0.126. The minimum absolute atomic E-state index is 0.0116. The molecule has 1 amide bonds. The number of fused-ring (bicyclic) bond motifs is 1. The van der Waals surface area contributed by atoms with Crippen LogP contribution in [0.5, 0.6) is 0 Å². The van der Waals surface area contributed by atoms with E-state index in [1.165, 1.54) is 10.5 Å². The summed E-state index contributed by atoms with van der Waals surface area (Å²) in [5.41, 5.74) is 1.35. The molecule has 0 radical (unpaired) electrons. The van der Waals surface area contributed by atoms with E-state index in [9.17, 15) is 13.2 Å². The minimum Gasteiger partial charge on any atom is -0.351 e. The maximum atomic E-state index is 12.9. The molecule has 0 aliphatic carbocycles. The van der Waals surface area contributed by atoms with Gasteiger partial charge in [0.15, 0.2) is 0 Å². The molecule has 8 nitrogen and oxygen atoms in total.